The lowest BCUT2D eigenvalue weighted by molar-refractivity contribution is 0.656. The van der Waals surface area contributed by atoms with Crippen LogP contribution in [0.5, 0.6) is 0 Å². The molecule has 3 aromatic heterocycles. The number of H-pyrrole nitrogens is 2. The Morgan fingerprint density at radius 1 is 0.579 bits per heavy atom. The number of nitrogens with zero attached hydrogens (tertiary/aromatic N) is 2. The van der Waals surface area contributed by atoms with Gasteiger partial charge in [0.2, 0.25) is 0 Å². The van der Waals surface area contributed by atoms with Gasteiger partial charge in [-0.05, 0) is 181 Å². The normalized spacial score (nSPS) is 16.8. The van der Waals surface area contributed by atoms with Gasteiger partial charge in [-0.2, -0.15) is 0 Å². The zero-order chi connectivity index (χ0) is 41.4. The Balaban J connectivity index is 1.66. The van der Waals surface area contributed by atoms with Crippen LogP contribution in [0.2, 0.25) is 0 Å². The van der Waals surface area contributed by atoms with Gasteiger partial charge in [-0.15, -0.1) is 62.5 Å². The van der Waals surface area contributed by atoms with Crippen molar-refractivity contribution >= 4 is 149 Å². The molecule has 0 spiro atoms. The number of aromatic nitrogens is 4. The maximum atomic E-state index is 5.68. The van der Waals surface area contributed by atoms with E-state index in [-0.39, 0.29) is 11.8 Å². The molecule has 0 radical (unpaired) electrons. The first-order chi connectivity index (χ1) is 27.0. The van der Waals surface area contributed by atoms with Gasteiger partial charge in [-0.25, -0.2) is 4.98 Å². The monoisotopic (exact) mass is 974 g/mol. The summed E-state index contributed by atoms with van der Waals surface area (Å²) in [7, 11) is 21.6. The van der Waals surface area contributed by atoms with Crippen LogP contribution >= 0.6 is 99.3 Å². The molecule has 2 aromatic carbocycles. The highest BCUT2D eigenvalue weighted by Gasteiger charge is 2.34. The topological polar surface area (TPSA) is 57.4 Å². The van der Waals surface area contributed by atoms with Crippen LogP contribution in [0.1, 0.15) is 87.4 Å². The molecule has 298 valence electrons. The zero-order valence-electron chi connectivity index (χ0n) is 34.0. The van der Waals surface area contributed by atoms with Crippen molar-refractivity contribution in [3.05, 3.63) is 98.1 Å². The second-order valence-corrected chi connectivity index (χ2v) is 45.9. The summed E-state index contributed by atoms with van der Waals surface area (Å²) in [5, 5.41) is 4.61. The molecule has 2 N–H and O–H groups in total. The minimum absolute atomic E-state index is 0.207. The van der Waals surface area contributed by atoms with Crippen molar-refractivity contribution in [1.29, 1.82) is 0 Å². The molecule has 8 bridgehead atoms. The first-order valence-electron chi connectivity index (χ1n) is 18.8. The summed E-state index contributed by atoms with van der Waals surface area (Å²) in [4.78, 5) is 18.8. The van der Waals surface area contributed by atoms with Crippen molar-refractivity contribution in [3.63, 3.8) is 0 Å². The molecule has 4 nitrogen and oxygen atoms in total. The molecule has 12 unspecified atom stereocenters. The number of aromatic amines is 2. The number of benzene rings is 2. The van der Waals surface area contributed by atoms with Crippen LogP contribution in [0.3, 0.4) is 0 Å². The summed E-state index contributed by atoms with van der Waals surface area (Å²) < 4.78 is 0. The Morgan fingerprint density at radius 3 is 1.72 bits per heavy atom. The van der Waals surface area contributed by atoms with E-state index in [4.69, 9.17) is 9.97 Å². The van der Waals surface area contributed by atoms with Crippen LogP contribution in [0, 0.1) is 48.5 Å². The Kier molecular flexibility index (Phi) is 14.6. The Hall–Kier alpha value is 0.460. The highest BCUT2D eigenvalue weighted by atomic mass is 32.8. The summed E-state index contributed by atoms with van der Waals surface area (Å²) in [6.07, 6.45) is 4.35. The van der Waals surface area contributed by atoms with Gasteiger partial charge in [0, 0.05) is 61.3 Å². The Bertz CT molecular complexity index is 2620. The van der Waals surface area contributed by atoms with Gasteiger partial charge in [0.25, 0.3) is 0 Å². The van der Waals surface area contributed by atoms with Crippen molar-refractivity contribution in [2.45, 2.75) is 74.1 Å². The van der Waals surface area contributed by atoms with Crippen LogP contribution < -0.4 is 15.9 Å². The van der Waals surface area contributed by atoms with Crippen LogP contribution in [0.4, 0.5) is 0 Å². The van der Waals surface area contributed by atoms with E-state index >= 15 is 0 Å². The van der Waals surface area contributed by atoms with E-state index in [1.165, 1.54) is 66.2 Å². The van der Waals surface area contributed by atoms with Crippen LogP contribution in [0.15, 0.2) is 36.4 Å². The van der Waals surface area contributed by atoms with E-state index < -0.39 is 28.9 Å². The SMILES string of the molecule is Cc1c(C)c(C)c(-c2c3nc(cc4ccc([nH]4)c(-c4c(C)c(C)c(P(P)P)c(P(P)PP)c4P(P)P(P)P)c4nc(cc5ccc2[nH]5)C(C)C4C)C=C3)c(C)c1C. The molecule has 2 aliphatic rings. The molecule has 57 heavy (non-hydrogen) atoms. The fourth-order valence-corrected chi connectivity index (χ4v) is 24.1. The molecule has 0 fully saturated rings. The summed E-state index contributed by atoms with van der Waals surface area (Å²) in [6, 6.07) is 13.4. The maximum absolute atomic E-state index is 5.68. The van der Waals surface area contributed by atoms with E-state index in [0.717, 1.165) is 58.4 Å². The third-order valence-corrected chi connectivity index (χ3v) is 41.2. The number of rotatable bonds is 7. The largest absolute Gasteiger partial charge is 0.355 e. The zero-order valence-corrected chi connectivity index (χ0v) is 46.7. The average Bonchev–Trinajstić information content (AvgIpc) is 3.99. The number of nitrogens with one attached hydrogen (secondary N) is 2. The van der Waals surface area contributed by atoms with Gasteiger partial charge >= 0.3 is 0 Å². The quantitative estimate of drug-likeness (QED) is 0.157. The van der Waals surface area contributed by atoms with Gasteiger partial charge in [-0.1, -0.05) is 21.8 Å². The van der Waals surface area contributed by atoms with Gasteiger partial charge in [0.15, 0.2) is 0 Å². The minimum atomic E-state index is -0.582. The molecule has 5 aromatic rings. The lowest BCUT2D eigenvalue weighted by atomic mass is 9.85. The summed E-state index contributed by atoms with van der Waals surface area (Å²) in [6.45, 7) is 20.3. The molecule has 16 heteroatoms. The van der Waals surface area contributed by atoms with Crippen molar-refractivity contribution in [2.24, 2.45) is 0 Å². The molecule has 7 rings (SSSR count). The fourth-order valence-electron chi connectivity index (χ4n) is 8.36. The lowest BCUT2D eigenvalue weighted by Gasteiger charge is -2.32. The molecule has 0 saturated carbocycles. The van der Waals surface area contributed by atoms with E-state index in [1.807, 2.05) is 0 Å². The summed E-state index contributed by atoms with van der Waals surface area (Å²) >= 11 is 0. The number of hydrogen-bond acceptors (Lipinski definition) is 2. The van der Waals surface area contributed by atoms with Gasteiger partial charge in [0.1, 0.15) is 0 Å². The minimum Gasteiger partial charge on any atom is -0.355 e. The van der Waals surface area contributed by atoms with Crippen LogP contribution in [-0.4, -0.2) is 19.9 Å². The standard InChI is InChI=1S/C41H54N4P12/c1-18-19(2)22(5)34(23(6)20(18)3)36-30-13-10-27(42-30)16-28-11-15-32(43-28)37(38-25(8)21(4)33(45-38)17-29-12-14-31(36)44-29)35-24(7)26(9)39(54(47)48)41(55(49)53-46)40(35)56(50)57(51)52/h10-17,21,25,43-44,53H,46-52H2,1-9H3. The summed E-state index contributed by atoms with van der Waals surface area (Å²) in [5.74, 6) is 0.437. The molecule has 2 aliphatic heterocycles. The van der Waals surface area contributed by atoms with Gasteiger partial charge in [-0.3, -0.25) is 4.98 Å². The van der Waals surface area contributed by atoms with Crippen molar-refractivity contribution in [1.82, 2.24) is 19.9 Å². The molecule has 0 amide bonds. The van der Waals surface area contributed by atoms with E-state index in [1.54, 1.807) is 5.30 Å². The molecular weight excluding hydrogens is 920 g/mol. The highest BCUT2D eigenvalue weighted by Crippen LogP contribution is 2.83. The van der Waals surface area contributed by atoms with E-state index in [2.05, 4.69) is 183 Å². The van der Waals surface area contributed by atoms with Crippen molar-refractivity contribution < 1.29 is 0 Å². The van der Waals surface area contributed by atoms with E-state index in [0.29, 0.717) is 0 Å². The molecule has 0 saturated heterocycles. The average molecular weight is 975 g/mol. The van der Waals surface area contributed by atoms with Crippen LogP contribution in [-0.2, 0) is 0 Å². The molecule has 5 heterocycles. The van der Waals surface area contributed by atoms with Crippen molar-refractivity contribution in [2.75, 3.05) is 0 Å². The first kappa shape index (κ1) is 45.5. The van der Waals surface area contributed by atoms with E-state index in [9.17, 15) is 0 Å². The second-order valence-electron chi connectivity index (χ2n) is 15.2. The molecule has 12 atom stereocenters. The predicted octanol–water partition coefficient (Wildman–Crippen LogP) is 14.7. The predicted molar refractivity (Wildman–Crippen MR) is 294 cm³/mol. The summed E-state index contributed by atoms with van der Waals surface area (Å²) in [5.41, 5.74) is 22.9. The second kappa shape index (κ2) is 18.3. The maximum Gasteiger partial charge on any atom is 0.0737 e. The van der Waals surface area contributed by atoms with Crippen molar-refractivity contribution in [3.8, 4) is 22.3 Å². The molecule has 0 aliphatic carbocycles. The third-order valence-electron chi connectivity index (χ3n) is 12.2. The number of fused-ring (bicyclic) bond motifs is 8. The van der Waals surface area contributed by atoms with Crippen LogP contribution in [0.25, 0.3) is 56.5 Å². The molecular formula is C41H54N4P12. The third kappa shape index (κ3) is 8.37. The smallest absolute Gasteiger partial charge is 0.0737 e. The fraction of sp³-hybridized carbons (Fsp3) is 0.268. The lowest BCUT2D eigenvalue weighted by Crippen LogP contribution is -2.35. The van der Waals surface area contributed by atoms with Gasteiger partial charge in [0.05, 0.1) is 17.1 Å². The Morgan fingerprint density at radius 2 is 1.14 bits per heavy atom. The first-order valence-corrected chi connectivity index (χ1v) is 38.2. The number of hydrogen-bond donors (Lipinski definition) is 2. The highest BCUT2D eigenvalue weighted by molar-refractivity contribution is 8.83. The Labute approximate surface area is 361 Å². The van der Waals surface area contributed by atoms with Gasteiger partial charge < -0.3 is 9.97 Å².